The van der Waals surface area contributed by atoms with Gasteiger partial charge in [-0.1, -0.05) is 36.8 Å². The number of aryl methyl sites for hydroxylation is 2. The lowest BCUT2D eigenvalue weighted by Gasteiger charge is -2.18. The number of amides is 1. The number of aromatic nitrogens is 2. The molecule has 28 heavy (non-hydrogen) atoms. The van der Waals surface area contributed by atoms with E-state index in [-0.39, 0.29) is 18.0 Å². The summed E-state index contributed by atoms with van der Waals surface area (Å²) in [7, 11) is 0. The molecule has 0 aliphatic heterocycles. The van der Waals surface area contributed by atoms with E-state index in [2.05, 4.69) is 22.4 Å². The minimum atomic E-state index is -0.131. The third kappa shape index (κ3) is 4.31. The Hall–Kier alpha value is -2.51. The van der Waals surface area contributed by atoms with Crippen LogP contribution in [0, 0.1) is 13.8 Å². The van der Waals surface area contributed by atoms with Crippen molar-refractivity contribution < 1.29 is 4.79 Å². The monoisotopic (exact) mass is 398 g/mol. The van der Waals surface area contributed by atoms with E-state index in [1.54, 1.807) is 0 Å². The molecule has 2 N–H and O–H groups in total. The summed E-state index contributed by atoms with van der Waals surface area (Å²) in [6, 6.07) is 8.19. The highest BCUT2D eigenvalue weighted by Crippen LogP contribution is 2.35. The number of fused-ring (bicyclic) bond motifs is 1. The van der Waals surface area contributed by atoms with Crippen molar-refractivity contribution in [3.05, 3.63) is 50.9 Å². The quantitative estimate of drug-likeness (QED) is 0.641. The lowest BCUT2D eigenvalue weighted by molar-refractivity contribution is -0.122. The second-order valence-corrected chi connectivity index (χ2v) is 8.05. The van der Waals surface area contributed by atoms with Gasteiger partial charge in [0, 0.05) is 17.0 Å². The van der Waals surface area contributed by atoms with Crippen LogP contribution in [0.3, 0.4) is 0 Å². The zero-order valence-electron chi connectivity index (χ0n) is 16.8. The van der Waals surface area contributed by atoms with Crippen LogP contribution in [0.4, 0.5) is 0 Å². The van der Waals surface area contributed by atoms with Gasteiger partial charge in [-0.05, 0) is 32.9 Å². The second kappa shape index (κ2) is 8.67. The van der Waals surface area contributed by atoms with Crippen LogP contribution in [0.2, 0.25) is 0 Å². The second-order valence-electron chi connectivity index (χ2n) is 6.85. The standard InChI is InChI=1S/C21H26N4O2S/c1-5-22-17(26)12-25(6-2)11-16-23-20(27)19-18(14(4)28-21(19)24-16)15-9-7-13(3)8-10-15/h7-10H,5-6,11-12H2,1-4H3,(H,22,26)(H,23,24,27). The largest absolute Gasteiger partial charge is 0.355 e. The minimum absolute atomic E-state index is 0.0265. The van der Waals surface area contributed by atoms with Crippen LogP contribution >= 0.6 is 11.3 Å². The summed E-state index contributed by atoms with van der Waals surface area (Å²) in [5.41, 5.74) is 3.03. The minimum Gasteiger partial charge on any atom is -0.355 e. The number of hydrogen-bond donors (Lipinski definition) is 2. The van der Waals surface area contributed by atoms with Crippen molar-refractivity contribution in [3.8, 4) is 11.1 Å². The maximum atomic E-state index is 12.9. The first-order chi connectivity index (χ1) is 13.4. The van der Waals surface area contributed by atoms with E-state index in [0.717, 1.165) is 20.8 Å². The first-order valence-corrected chi connectivity index (χ1v) is 10.3. The third-order valence-electron chi connectivity index (χ3n) is 4.69. The Balaban J connectivity index is 1.95. The lowest BCUT2D eigenvalue weighted by Crippen LogP contribution is -2.37. The van der Waals surface area contributed by atoms with E-state index in [1.807, 2.05) is 44.7 Å². The fraction of sp³-hybridized carbons (Fsp3) is 0.381. The number of hydrogen-bond acceptors (Lipinski definition) is 5. The fourth-order valence-electron chi connectivity index (χ4n) is 3.25. The lowest BCUT2D eigenvalue weighted by atomic mass is 10.0. The molecule has 0 radical (unpaired) electrons. The van der Waals surface area contributed by atoms with Crippen LogP contribution in [-0.4, -0.2) is 40.4 Å². The Labute approximate surface area is 168 Å². The molecular formula is C21H26N4O2S. The molecule has 0 saturated heterocycles. The molecule has 0 spiro atoms. The summed E-state index contributed by atoms with van der Waals surface area (Å²) in [6.07, 6.45) is 0. The number of carbonyl (C=O) groups excluding carboxylic acids is 1. The van der Waals surface area contributed by atoms with Gasteiger partial charge in [-0.15, -0.1) is 11.3 Å². The van der Waals surface area contributed by atoms with Crippen molar-refractivity contribution in [1.29, 1.82) is 0 Å². The first-order valence-electron chi connectivity index (χ1n) is 9.51. The molecule has 2 heterocycles. The molecule has 0 fully saturated rings. The van der Waals surface area contributed by atoms with Crippen molar-refractivity contribution >= 4 is 27.5 Å². The van der Waals surface area contributed by atoms with Crippen LogP contribution in [0.25, 0.3) is 21.3 Å². The summed E-state index contributed by atoms with van der Waals surface area (Å²) in [4.78, 5) is 36.1. The van der Waals surface area contributed by atoms with Gasteiger partial charge >= 0.3 is 0 Å². The van der Waals surface area contributed by atoms with Crippen LogP contribution in [0.1, 0.15) is 30.1 Å². The van der Waals surface area contributed by atoms with Gasteiger partial charge in [-0.2, -0.15) is 0 Å². The molecule has 0 saturated carbocycles. The van der Waals surface area contributed by atoms with E-state index >= 15 is 0 Å². The molecule has 0 unspecified atom stereocenters. The highest BCUT2D eigenvalue weighted by atomic mass is 32.1. The number of rotatable bonds is 7. The van der Waals surface area contributed by atoms with Crippen molar-refractivity contribution in [2.75, 3.05) is 19.6 Å². The molecule has 1 aromatic carbocycles. The molecule has 148 valence electrons. The van der Waals surface area contributed by atoms with E-state index in [1.165, 1.54) is 16.9 Å². The maximum Gasteiger partial charge on any atom is 0.260 e. The molecular weight excluding hydrogens is 372 g/mol. The smallest absolute Gasteiger partial charge is 0.260 e. The molecule has 2 aromatic heterocycles. The van der Waals surface area contributed by atoms with Gasteiger partial charge in [-0.3, -0.25) is 14.5 Å². The maximum absolute atomic E-state index is 12.9. The van der Waals surface area contributed by atoms with Gasteiger partial charge in [-0.25, -0.2) is 4.98 Å². The zero-order valence-corrected chi connectivity index (χ0v) is 17.6. The number of H-pyrrole nitrogens is 1. The summed E-state index contributed by atoms with van der Waals surface area (Å²) in [6.45, 7) is 9.95. The topological polar surface area (TPSA) is 78.1 Å². The molecule has 3 aromatic rings. The Kier molecular flexibility index (Phi) is 6.26. The number of benzene rings is 1. The number of nitrogens with zero attached hydrogens (tertiary/aromatic N) is 2. The number of aromatic amines is 1. The fourth-order valence-corrected chi connectivity index (χ4v) is 4.32. The molecule has 0 bridgehead atoms. The predicted molar refractivity (Wildman–Crippen MR) is 115 cm³/mol. The number of nitrogens with one attached hydrogen (secondary N) is 2. The summed E-state index contributed by atoms with van der Waals surface area (Å²) in [5.74, 6) is 0.557. The van der Waals surface area contributed by atoms with Crippen LogP contribution < -0.4 is 10.9 Å². The average molecular weight is 399 g/mol. The SMILES string of the molecule is CCNC(=O)CN(CC)Cc1nc2sc(C)c(-c3ccc(C)cc3)c2c(=O)[nH]1. The number of carbonyl (C=O) groups is 1. The van der Waals surface area contributed by atoms with E-state index in [0.29, 0.717) is 30.8 Å². The molecule has 1 amide bonds. The Morgan fingerprint density at radius 1 is 1.21 bits per heavy atom. The van der Waals surface area contributed by atoms with E-state index in [9.17, 15) is 9.59 Å². The van der Waals surface area contributed by atoms with Crippen LogP contribution in [-0.2, 0) is 11.3 Å². The summed E-state index contributed by atoms with van der Waals surface area (Å²) < 4.78 is 0. The highest BCUT2D eigenvalue weighted by Gasteiger charge is 2.18. The van der Waals surface area contributed by atoms with Gasteiger partial charge in [0.05, 0.1) is 18.5 Å². The van der Waals surface area contributed by atoms with Crippen molar-refractivity contribution in [1.82, 2.24) is 20.2 Å². The van der Waals surface area contributed by atoms with Gasteiger partial charge in [0.1, 0.15) is 10.7 Å². The zero-order chi connectivity index (χ0) is 20.3. The molecule has 3 rings (SSSR count). The molecule has 0 atom stereocenters. The summed E-state index contributed by atoms with van der Waals surface area (Å²) >= 11 is 1.53. The molecule has 7 heteroatoms. The summed E-state index contributed by atoms with van der Waals surface area (Å²) in [5, 5.41) is 3.44. The van der Waals surface area contributed by atoms with E-state index in [4.69, 9.17) is 4.98 Å². The Bertz CT molecular complexity index is 1040. The van der Waals surface area contributed by atoms with Crippen molar-refractivity contribution in [3.63, 3.8) is 0 Å². The van der Waals surface area contributed by atoms with Crippen molar-refractivity contribution in [2.45, 2.75) is 34.2 Å². The normalized spacial score (nSPS) is 11.3. The van der Waals surface area contributed by atoms with Gasteiger partial charge < -0.3 is 10.3 Å². The first kappa shape index (κ1) is 20.2. The number of likely N-dealkylation sites (N-methyl/N-ethyl adjacent to an activating group) is 2. The van der Waals surface area contributed by atoms with Crippen LogP contribution in [0.5, 0.6) is 0 Å². The third-order valence-corrected chi connectivity index (χ3v) is 5.69. The van der Waals surface area contributed by atoms with Crippen LogP contribution in [0.15, 0.2) is 29.1 Å². The van der Waals surface area contributed by atoms with Crippen molar-refractivity contribution in [2.24, 2.45) is 0 Å². The predicted octanol–water partition coefficient (Wildman–Crippen LogP) is 3.23. The van der Waals surface area contributed by atoms with E-state index < -0.39 is 0 Å². The molecule has 6 nitrogen and oxygen atoms in total. The molecule has 0 aliphatic rings. The van der Waals surface area contributed by atoms with Gasteiger partial charge in [0.2, 0.25) is 5.91 Å². The average Bonchev–Trinajstić information content (AvgIpc) is 2.98. The van der Waals surface area contributed by atoms with Gasteiger partial charge in [0.15, 0.2) is 0 Å². The Morgan fingerprint density at radius 3 is 2.57 bits per heavy atom. The Morgan fingerprint density at radius 2 is 1.93 bits per heavy atom. The van der Waals surface area contributed by atoms with Gasteiger partial charge in [0.25, 0.3) is 5.56 Å². The highest BCUT2D eigenvalue weighted by molar-refractivity contribution is 7.19. The molecule has 0 aliphatic carbocycles. The number of thiophene rings is 1.